The van der Waals surface area contributed by atoms with E-state index in [0.29, 0.717) is 19.1 Å². The van der Waals surface area contributed by atoms with E-state index in [-0.39, 0.29) is 17.9 Å². The Hall–Kier alpha value is -1.69. The maximum atomic E-state index is 12.7. The van der Waals surface area contributed by atoms with Crippen LogP contribution in [-0.4, -0.2) is 22.1 Å². The monoisotopic (exact) mass is 320 g/mol. The van der Waals surface area contributed by atoms with Crippen molar-refractivity contribution in [3.8, 4) is 0 Å². The van der Waals surface area contributed by atoms with Crippen LogP contribution in [0.25, 0.3) is 10.2 Å². The molecule has 0 bridgehead atoms. The molecule has 0 radical (unpaired) electrons. The Kier molecular flexibility index (Phi) is 4.29. The second-order valence-corrected chi connectivity index (χ2v) is 6.91. The molecule has 1 aliphatic carbocycles. The van der Waals surface area contributed by atoms with E-state index in [1.165, 1.54) is 15.0 Å². The average Bonchev–Trinajstić information content (AvgIpc) is 2.85. The Labute approximate surface area is 132 Å². The van der Waals surface area contributed by atoms with Crippen molar-refractivity contribution in [2.24, 2.45) is 5.92 Å². The van der Waals surface area contributed by atoms with Crippen molar-refractivity contribution in [3.63, 3.8) is 0 Å². The van der Waals surface area contributed by atoms with Crippen LogP contribution in [0.15, 0.2) is 11.1 Å². The summed E-state index contributed by atoms with van der Waals surface area (Å²) in [7, 11) is 0. The number of fused-ring (bicyclic) bond motifs is 3. The summed E-state index contributed by atoms with van der Waals surface area (Å²) in [5.41, 5.74) is 1.16. The molecule has 6 heteroatoms. The molecule has 1 aliphatic rings. The van der Waals surface area contributed by atoms with Crippen LogP contribution < -0.4 is 5.56 Å². The second kappa shape index (κ2) is 6.20. The molecule has 0 spiro atoms. The van der Waals surface area contributed by atoms with E-state index in [9.17, 15) is 9.59 Å². The third-order valence-electron chi connectivity index (χ3n) is 4.14. The Balaban J connectivity index is 1.92. The number of thiophene rings is 1. The zero-order valence-corrected chi connectivity index (χ0v) is 13.7. The van der Waals surface area contributed by atoms with Gasteiger partial charge in [0, 0.05) is 11.4 Å². The first-order chi connectivity index (χ1) is 10.6. The van der Waals surface area contributed by atoms with Gasteiger partial charge in [0.1, 0.15) is 4.83 Å². The average molecular weight is 320 g/mol. The number of carbonyl (C=O) groups excluding carboxylic acids is 1. The molecule has 0 amide bonds. The van der Waals surface area contributed by atoms with Gasteiger partial charge in [-0.15, -0.1) is 11.3 Å². The minimum atomic E-state index is -0.282. The highest BCUT2D eigenvalue weighted by Gasteiger charge is 2.23. The van der Waals surface area contributed by atoms with Crippen molar-refractivity contribution in [2.75, 3.05) is 6.61 Å². The van der Waals surface area contributed by atoms with E-state index in [0.717, 1.165) is 29.5 Å². The number of carbonyl (C=O) groups is 1. The Morgan fingerprint density at radius 2 is 2.36 bits per heavy atom. The largest absolute Gasteiger partial charge is 0.466 e. The molecule has 0 aromatic carbocycles. The summed E-state index contributed by atoms with van der Waals surface area (Å²) >= 11 is 1.64. The van der Waals surface area contributed by atoms with Crippen LogP contribution in [0.4, 0.5) is 0 Å². The molecule has 5 nitrogen and oxygen atoms in total. The molecule has 2 aromatic heterocycles. The molecule has 118 valence electrons. The van der Waals surface area contributed by atoms with Crippen LogP contribution in [0.1, 0.15) is 37.1 Å². The fourth-order valence-electron chi connectivity index (χ4n) is 2.97. The van der Waals surface area contributed by atoms with Crippen molar-refractivity contribution in [2.45, 2.75) is 46.1 Å². The van der Waals surface area contributed by atoms with Crippen LogP contribution in [0.5, 0.6) is 0 Å². The number of aromatic nitrogens is 2. The van der Waals surface area contributed by atoms with Gasteiger partial charge >= 0.3 is 5.97 Å². The van der Waals surface area contributed by atoms with E-state index in [1.807, 2.05) is 0 Å². The van der Waals surface area contributed by atoms with Crippen LogP contribution in [0, 0.1) is 5.92 Å². The van der Waals surface area contributed by atoms with Crippen LogP contribution in [0.3, 0.4) is 0 Å². The first-order valence-electron chi connectivity index (χ1n) is 7.75. The minimum absolute atomic E-state index is 0.0265. The van der Waals surface area contributed by atoms with Gasteiger partial charge in [-0.25, -0.2) is 4.98 Å². The smallest absolute Gasteiger partial charge is 0.307 e. The van der Waals surface area contributed by atoms with Crippen LogP contribution in [0.2, 0.25) is 0 Å². The van der Waals surface area contributed by atoms with E-state index in [2.05, 4.69) is 11.9 Å². The van der Waals surface area contributed by atoms with Gasteiger partial charge in [0.05, 0.1) is 24.7 Å². The van der Waals surface area contributed by atoms with Gasteiger partial charge in [0.2, 0.25) is 0 Å². The number of hydrogen-bond acceptors (Lipinski definition) is 5. The van der Waals surface area contributed by atoms with Crippen molar-refractivity contribution < 1.29 is 9.53 Å². The SMILES string of the molecule is CCOC(=O)CCn1cnc2sc3c(c2c1=O)CCC(C)C3. The number of rotatable bonds is 4. The maximum absolute atomic E-state index is 12.7. The quantitative estimate of drug-likeness (QED) is 0.812. The van der Waals surface area contributed by atoms with E-state index < -0.39 is 0 Å². The third-order valence-corrected chi connectivity index (χ3v) is 5.31. The van der Waals surface area contributed by atoms with Gasteiger partial charge in [-0.3, -0.25) is 14.2 Å². The molecule has 0 saturated heterocycles. The zero-order chi connectivity index (χ0) is 15.7. The van der Waals surface area contributed by atoms with Crippen molar-refractivity contribution in [3.05, 3.63) is 27.1 Å². The number of aryl methyl sites for hydroxylation is 2. The van der Waals surface area contributed by atoms with Gasteiger partial charge in [-0.1, -0.05) is 6.92 Å². The molecular formula is C16H20N2O3S. The number of ether oxygens (including phenoxy) is 1. The number of hydrogen-bond donors (Lipinski definition) is 0. The van der Waals surface area contributed by atoms with E-state index in [4.69, 9.17) is 4.74 Å². The molecule has 0 fully saturated rings. The van der Waals surface area contributed by atoms with Crippen molar-refractivity contribution >= 4 is 27.5 Å². The first-order valence-corrected chi connectivity index (χ1v) is 8.57. The van der Waals surface area contributed by atoms with Crippen LogP contribution in [-0.2, 0) is 28.9 Å². The lowest BCUT2D eigenvalue weighted by Crippen LogP contribution is -2.23. The van der Waals surface area contributed by atoms with Gasteiger partial charge in [-0.05, 0) is 37.7 Å². The molecule has 1 atom stereocenters. The van der Waals surface area contributed by atoms with Gasteiger partial charge in [0.25, 0.3) is 5.56 Å². The minimum Gasteiger partial charge on any atom is -0.466 e. The predicted molar refractivity (Wildman–Crippen MR) is 86.3 cm³/mol. The molecule has 0 N–H and O–H groups in total. The normalized spacial score (nSPS) is 17.5. The summed E-state index contributed by atoms with van der Waals surface area (Å²) in [5.74, 6) is 0.391. The van der Waals surface area contributed by atoms with Gasteiger partial charge < -0.3 is 4.74 Å². The lowest BCUT2D eigenvalue weighted by molar-refractivity contribution is -0.143. The Bertz CT molecular complexity index is 763. The number of nitrogens with zero attached hydrogens (tertiary/aromatic N) is 2. The highest BCUT2D eigenvalue weighted by molar-refractivity contribution is 7.18. The molecule has 3 rings (SSSR count). The summed E-state index contributed by atoms with van der Waals surface area (Å²) in [4.78, 5) is 30.7. The molecule has 1 unspecified atom stereocenters. The highest BCUT2D eigenvalue weighted by atomic mass is 32.1. The van der Waals surface area contributed by atoms with Crippen LogP contribution >= 0.6 is 11.3 Å². The summed E-state index contributed by atoms with van der Waals surface area (Å²) in [6.45, 7) is 4.71. The summed E-state index contributed by atoms with van der Waals surface area (Å²) in [5, 5.41) is 0.762. The number of esters is 1. The molecule has 2 heterocycles. The lowest BCUT2D eigenvalue weighted by atomic mass is 9.89. The lowest BCUT2D eigenvalue weighted by Gasteiger charge is -2.17. The molecule has 22 heavy (non-hydrogen) atoms. The summed E-state index contributed by atoms with van der Waals surface area (Å²) in [6.07, 6.45) is 4.86. The first kappa shape index (κ1) is 15.2. The highest BCUT2D eigenvalue weighted by Crippen LogP contribution is 2.35. The van der Waals surface area contributed by atoms with E-state index >= 15 is 0 Å². The van der Waals surface area contributed by atoms with E-state index in [1.54, 1.807) is 24.6 Å². The predicted octanol–water partition coefficient (Wildman–Crippen LogP) is 2.54. The Morgan fingerprint density at radius 3 is 3.14 bits per heavy atom. The molecule has 0 saturated carbocycles. The van der Waals surface area contributed by atoms with Crippen molar-refractivity contribution in [1.29, 1.82) is 0 Å². The molecular weight excluding hydrogens is 300 g/mol. The standard InChI is InChI=1S/C16H20N2O3S/c1-3-21-13(19)6-7-18-9-17-15-14(16(18)20)11-5-4-10(2)8-12(11)22-15/h9-10H,3-8H2,1-2H3. The summed E-state index contributed by atoms with van der Waals surface area (Å²) in [6, 6.07) is 0. The van der Waals surface area contributed by atoms with Gasteiger partial charge in [-0.2, -0.15) is 0 Å². The van der Waals surface area contributed by atoms with Crippen molar-refractivity contribution in [1.82, 2.24) is 9.55 Å². The summed E-state index contributed by atoms with van der Waals surface area (Å²) < 4.78 is 6.44. The Morgan fingerprint density at radius 1 is 1.55 bits per heavy atom. The molecule has 2 aromatic rings. The van der Waals surface area contributed by atoms with Gasteiger partial charge in [0.15, 0.2) is 0 Å². The third kappa shape index (κ3) is 2.79. The topological polar surface area (TPSA) is 61.2 Å². The zero-order valence-electron chi connectivity index (χ0n) is 12.9. The molecule has 0 aliphatic heterocycles. The fraction of sp³-hybridized carbons (Fsp3) is 0.562. The second-order valence-electron chi connectivity index (χ2n) is 5.83. The maximum Gasteiger partial charge on any atom is 0.307 e. The fourth-order valence-corrected chi connectivity index (χ4v) is 4.31.